The van der Waals surface area contributed by atoms with Gasteiger partial charge in [0.25, 0.3) is 0 Å². The van der Waals surface area contributed by atoms with E-state index in [-0.39, 0.29) is 5.91 Å². The highest BCUT2D eigenvalue weighted by Gasteiger charge is 1.97. The molecule has 11 heavy (non-hydrogen) atoms. The van der Waals surface area contributed by atoms with E-state index in [0.29, 0.717) is 19.1 Å². The summed E-state index contributed by atoms with van der Waals surface area (Å²) in [5.74, 6) is 0.0379. The van der Waals surface area contributed by atoms with Crippen molar-refractivity contribution in [3.05, 3.63) is 0 Å². The molecule has 0 radical (unpaired) electrons. The highest BCUT2D eigenvalue weighted by molar-refractivity contribution is 7.44. The zero-order chi connectivity index (χ0) is 8.69. The second-order valence-corrected chi connectivity index (χ2v) is 4.63. The lowest BCUT2D eigenvalue weighted by molar-refractivity contribution is -0.120. The van der Waals surface area contributed by atoms with E-state index in [1.165, 1.54) is 0 Å². The lowest BCUT2D eigenvalue weighted by atomic mass is 10.4. The Balaban J connectivity index is 3.27. The van der Waals surface area contributed by atoms with Gasteiger partial charge in [-0.1, -0.05) is 13.8 Å². The van der Waals surface area contributed by atoms with Gasteiger partial charge in [0.2, 0.25) is 5.91 Å². The minimum Gasteiger partial charge on any atom is -0.356 e. The highest BCUT2D eigenvalue weighted by atomic mass is 31.1. The molecule has 3 nitrogen and oxygen atoms in total. The molecular weight excluding hydrogens is 161 g/mol. The van der Waals surface area contributed by atoms with E-state index in [2.05, 4.69) is 5.32 Å². The van der Waals surface area contributed by atoms with Crippen molar-refractivity contribution < 1.29 is 9.36 Å². The molecule has 0 heterocycles. The first kappa shape index (κ1) is 10.7. The Hall–Kier alpha value is -0.300. The topological polar surface area (TPSA) is 46.2 Å². The van der Waals surface area contributed by atoms with Crippen LogP contribution in [0.25, 0.3) is 0 Å². The van der Waals surface area contributed by atoms with Crippen LogP contribution in [-0.2, 0) is 9.36 Å². The number of amides is 1. The average Bonchev–Trinajstić information content (AvgIpc) is 2.04. The van der Waals surface area contributed by atoms with Gasteiger partial charge in [-0.25, -0.2) is 0 Å². The van der Waals surface area contributed by atoms with Crippen LogP contribution in [0.2, 0.25) is 0 Å². The van der Waals surface area contributed by atoms with Crippen LogP contribution < -0.4 is 5.32 Å². The second-order valence-electron chi connectivity index (χ2n) is 2.35. The number of nitrogens with one attached hydrogen (secondary N) is 1. The summed E-state index contributed by atoms with van der Waals surface area (Å²) in [6.07, 6.45) is 1.90. The fourth-order valence-electron chi connectivity index (χ4n) is 0.643. The maximum absolute atomic E-state index is 10.9. The van der Waals surface area contributed by atoms with Crippen LogP contribution in [0.15, 0.2) is 0 Å². The smallest absolute Gasteiger partial charge is 0.219 e. The maximum atomic E-state index is 10.9. The number of carbonyl (C=O) groups is 1. The van der Waals surface area contributed by atoms with Crippen LogP contribution >= 0.6 is 7.80 Å². The Kier molecular flexibility index (Phi) is 6.24. The molecule has 0 fully saturated rings. The predicted octanol–water partition coefficient (Wildman–Crippen LogP) is 1.09. The third kappa shape index (κ3) is 6.11. The number of carbonyl (C=O) groups excluding carboxylic acids is 1. The van der Waals surface area contributed by atoms with Crippen molar-refractivity contribution in [2.45, 2.75) is 20.3 Å². The van der Waals surface area contributed by atoms with Gasteiger partial charge in [-0.3, -0.25) is 4.79 Å². The molecule has 1 N–H and O–H groups in total. The quantitative estimate of drug-likeness (QED) is 0.639. The Morgan fingerprint density at radius 1 is 1.45 bits per heavy atom. The first-order valence-corrected chi connectivity index (χ1v) is 5.81. The van der Waals surface area contributed by atoms with Gasteiger partial charge < -0.3 is 9.88 Å². The Morgan fingerprint density at radius 3 is 2.55 bits per heavy atom. The van der Waals surface area contributed by atoms with E-state index >= 15 is 0 Å². The molecule has 0 aliphatic carbocycles. The second kappa shape index (κ2) is 6.41. The lowest BCUT2D eigenvalue weighted by Crippen LogP contribution is -2.24. The van der Waals surface area contributed by atoms with Crippen molar-refractivity contribution in [3.8, 4) is 0 Å². The molecule has 1 unspecified atom stereocenters. The molecule has 0 spiro atoms. The minimum absolute atomic E-state index is 0.0379. The predicted molar refractivity (Wildman–Crippen MR) is 47.7 cm³/mol. The van der Waals surface area contributed by atoms with E-state index in [1.54, 1.807) is 6.92 Å². The number of hydrogen-bond acceptors (Lipinski definition) is 2. The van der Waals surface area contributed by atoms with Gasteiger partial charge in [0, 0.05) is 19.1 Å². The molecule has 0 rings (SSSR count). The van der Waals surface area contributed by atoms with E-state index in [1.807, 2.05) is 6.92 Å². The molecule has 0 saturated heterocycles. The molecule has 1 amide bonds. The lowest BCUT2D eigenvalue weighted by Gasteiger charge is -2.01. The Bertz CT molecular complexity index is 131. The summed E-state index contributed by atoms with van der Waals surface area (Å²) in [6.45, 7) is 4.28. The Labute approximate surface area is 68.3 Å². The normalized spacial score (nSPS) is 12.5. The van der Waals surface area contributed by atoms with Gasteiger partial charge in [-0.15, -0.1) is 0 Å². The maximum Gasteiger partial charge on any atom is 0.219 e. The van der Waals surface area contributed by atoms with Gasteiger partial charge in [-0.05, 0) is 6.16 Å². The van der Waals surface area contributed by atoms with Crippen molar-refractivity contribution >= 4 is 13.7 Å². The molecule has 0 aromatic rings. The molecule has 4 heteroatoms. The molecule has 66 valence electrons. The third-order valence-corrected chi connectivity index (χ3v) is 3.04. The van der Waals surface area contributed by atoms with Crippen LogP contribution in [-0.4, -0.2) is 24.8 Å². The molecular formula is C7H16NO2P. The van der Waals surface area contributed by atoms with Gasteiger partial charge in [0.05, 0.1) is 7.80 Å². The fourth-order valence-corrected chi connectivity index (χ4v) is 1.40. The summed E-state index contributed by atoms with van der Waals surface area (Å²) < 4.78 is 10.9. The largest absolute Gasteiger partial charge is 0.356 e. The summed E-state index contributed by atoms with van der Waals surface area (Å²) in [5.41, 5.74) is 0. The van der Waals surface area contributed by atoms with Gasteiger partial charge in [0.1, 0.15) is 0 Å². The van der Waals surface area contributed by atoms with E-state index in [9.17, 15) is 9.36 Å². The van der Waals surface area contributed by atoms with E-state index < -0.39 is 7.80 Å². The van der Waals surface area contributed by atoms with Gasteiger partial charge in [0.15, 0.2) is 0 Å². The minimum atomic E-state index is -1.40. The molecule has 0 saturated carbocycles. The number of rotatable bonds is 5. The monoisotopic (exact) mass is 177 g/mol. The van der Waals surface area contributed by atoms with E-state index in [4.69, 9.17) is 0 Å². The van der Waals surface area contributed by atoms with Crippen LogP contribution in [0.5, 0.6) is 0 Å². The summed E-state index contributed by atoms with van der Waals surface area (Å²) in [6, 6.07) is 0. The Morgan fingerprint density at radius 2 is 2.09 bits per heavy atom. The third-order valence-electron chi connectivity index (χ3n) is 1.44. The van der Waals surface area contributed by atoms with Crippen molar-refractivity contribution in [2.24, 2.45) is 0 Å². The molecule has 0 aromatic heterocycles. The summed E-state index contributed by atoms with van der Waals surface area (Å²) >= 11 is 0. The zero-order valence-corrected chi connectivity index (χ0v) is 8.14. The molecule has 0 aliphatic heterocycles. The van der Waals surface area contributed by atoms with Crippen LogP contribution in [0.4, 0.5) is 0 Å². The zero-order valence-electron chi connectivity index (χ0n) is 7.14. The summed E-state index contributed by atoms with van der Waals surface area (Å²) in [7, 11) is -1.40. The first-order valence-electron chi connectivity index (χ1n) is 3.99. The summed E-state index contributed by atoms with van der Waals surface area (Å²) in [4.78, 5) is 10.7. The van der Waals surface area contributed by atoms with E-state index in [0.717, 1.165) is 6.16 Å². The summed E-state index contributed by atoms with van der Waals surface area (Å²) in [5, 5.41) is 2.68. The van der Waals surface area contributed by atoms with Gasteiger partial charge in [-0.2, -0.15) is 0 Å². The van der Waals surface area contributed by atoms with Crippen molar-refractivity contribution in [3.63, 3.8) is 0 Å². The SMILES string of the molecule is CCC(=O)NCC[PH](=O)CC. The average molecular weight is 177 g/mol. The van der Waals surface area contributed by atoms with Crippen LogP contribution in [0.1, 0.15) is 20.3 Å². The highest BCUT2D eigenvalue weighted by Crippen LogP contribution is 2.16. The molecule has 1 atom stereocenters. The number of hydrogen-bond donors (Lipinski definition) is 1. The van der Waals surface area contributed by atoms with Crippen molar-refractivity contribution in [1.82, 2.24) is 5.32 Å². The fraction of sp³-hybridized carbons (Fsp3) is 0.857. The van der Waals surface area contributed by atoms with Crippen LogP contribution in [0, 0.1) is 0 Å². The van der Waals surface area contributed by atoms with Crippen molar-refractivity contribution in [2.75, 3.05) is 18.9 Å². The first-order chi connectivity index (χ1) is 5.20. The van der Waals surface area contributed by atoms with Crippen molar-refractivity contribution in [1.29, 1.82) is 0 Å². The molecule has 0 aliphatic rings. The van der Waals surface area contributed by atoms with Gasteiger partial charge >= 0.3 is 0 Å². The standard InChI is InChI=1S/C7H16NO2P/c1-3-7(9)8-5-6-11(10)4-2/h11H,3-6H2,1-2H3,(H,8,9). The van der Waals surface area contributed by atoms with Crippen LogP contribution in [0.3, 0.4) is 0 Å². The molecule has 0 aromatic carbocycles. The molecule has 0 bridgehead atoms.